The van der Waals surface area contributed by atoms with E-state index in [1.807, 2.05) is 0 Å². The Morgan fingerprint density at radius 3 is 2.73 bits per heavy atom. The summed E-state index contributed by atoms with van der Waals surface area (Å²) in [5.74, 6) is 3.88. The lowest BCUT2D eigenvalue weighted by Crippen LogP contribution is -2.52. The van der Waals surface area contributed by atoms with Crippen LogP contribution in [0.4, 0.5) is 0 Å². The molecule has 1 N–H and O–H groups in total. The van der Waals surface area contributed by atoms with Crippen molar-refractivity contribution in [3.05, 3.63) is 23.8 Å². The van der Waals surface area contributed by atoms with Gasteiger partial charge in [0.15, 0.2) is 0 Å². The number of aliphatic hydroxyl groups excluding tert-OH is 1. The molecule has 2 heteroatoms. The van der Waals surface area contributed by atoms with Crippen LogP contribution in [0.2, 0.25) is 0 Å². The Labute approximate surface area is 185 Å². The van der Waals surface area contributed by atoms with Crippen LogP contribution in [0.1, 0.15) is 85.0 Å². The smallest absolute Gasteiger partial charge is 0.0577 e. The van der Waals surface area contributed by atoms with Crippen LogP contribution in [-0.2, 0) is 0 Å². The Balaban J connectivity index is 1.38. The number of allylic oxidation sites excluding steroid dienone is 3. The van der Waals surface area contributed by atoms with Crippen LogP contribution in [0, 0.1) is 40.4 Å². The van der Waals surface area contributed by atoms with E-state index in [0.29, 0.717) is 10.8 Å². The molecule has 5 aliphatic rings. The second-order valence-corrected chi connectivity index (χ2v) is 12.3. The lowest BCUT2D eigenvalue weighted by Gasteiger charge is -2.58. The zero-order valence-electron chi connectivity index (χ0n) is 19.9. The van der Waals surface area contributed by atoms with Crippen molar-refractivity contribution in [3.63, 3.8) is 0 Å². The third-order valence-corrected chi connectivity index (χ3v) is 10.9. The minimum atomic E-state index is -0.0945. The summed E-state index contributed by atoms with van der Waals surface area (Å²) in [6, 6.07) is 0.755. The number of rotatable bonds is 2. The van der Waals surface area contributed by atoms with E-state index in [1.165, 1.54) is 57.9 Å². The molecule has 0 amide bonds. The van der Waals surface area contributed by atoms with Crippen molar-refractivity contribution in [2.45, 2.75) is 97.1 Å². The molecule has 0 spiro atoms. The fraction of sp³-hybridized carbons (Fsp3) is 0.857. The number of hydrogen-bond acceptors (Lipinski definition) is 2. The highest BCUT2D eigenvalue weighted by Crippen LogP contribution is 2.65. The van der Waals surface area contributed by atoms with Crippen LogP contribution in [0.15, 0.2) is 23.8 Å². The van der Waals surface area contributed by atoms with Gasteiger partial charge >= 0.3 is 0 Å². The maximum atomic E-state index is 10.3. The van der Waals surface area contributed by atoms with E-state index >= 15 is 0 Å². The number of nitrogens with zero attached hydrogens (tertiary/aromatic N) is 1. The standard InChI is InChI=1S/C28H45NO/c1-19(26-8-6-5-7-17-29(26)4)23-11-12-24-22-10-9-20-18-21(30)13-15-27(20,2)25(22)14-16-28(23,24)3/h9,11-12,19,21-26,30H,5-8,10,13-18H2,1-4H3. The fourth-order valence-corrected chi connectivity index (χ4v) is 9.09. The fourth-order valence-electron chi connectivity index (χ4n) is 9.09. The van der Waals surface area contributed by atoms with Crippen molar-refractivity contribution < 1.29 is 5.11 Å². The monoisotopic (exact) mass is 411 g/mol. The first-order valence-electron chi connectivity index (χ1n) is 13.1. The molecule has 4 aliphatic carbocycles. The summed E-state index contributed by atoms with van der Waals surface area (Å²) in [6.45, 7) is 9.05. The summed E-state index contributed by atoms with van der Waals surface area (Å²) in [5.41, 5.74) is 2.39. The summed E-state index contributed by atoms with van der Waals surface area (Å²) in [6.07, 6.45) is 20.6. The molecular weight excluding hydrogens is 366 g/mol. The quantitative estimate of drug-likeness (QED) is 0.546. The highest BCUT2D eigenvalue weighted by Gasteiger charge is 2.58. The van der Waals surface area contributed by atoms with Gasteiger partial charge in [-0.3, -0.25) is 0 Å². The summed E-state index contributed by atoms with van der Waals surface area (Å²) in [7, 11) is 2.38. The lowest BCUT2D eigenvalue weighted by atomic mass is 9.46. The number of likely N-dealkylation sites (tertiary alicyclic amines) is 1. The first-order chi connectivity index (χ1) is 14.3. The van der Waals surface area contributed by atoms with Gasteiger partial charge in [-0.2, -0.15) is 0 Å². The third-order valence-electron chi connectivity index (χ3n) is 10.9. The topological polar surface area (TPSA) is 23.5 Å². The Kier molecular flexibility index (Phi) is 5.50. The molecule has 2 saturated carbocycles. The van der Waals surface area contributed by atoms with Gasteiger partial charge in [0, 0.05) is 6.04 Å². The van der Waals surface area contributed by atoms with Gasteiger partial charge < -0.3 is 10.0 Å². The van der Waals surface area contributed by atoms with Crippen LogP contribution in [0.3, 0.4) is 0 Å². The molecule has 0 bridgehead atoms. The molecule has 0 aromatic heterocycles. The predicted molar refractivity (Wildman–Crippen MR) is 125 cm³/mol. The average molecular weight is 412 g/mol. The van der Waals surface area contributed by atoms with E-state index in [4.69, 9.17) is 0 Å². The highest BCUT2D eigenvalue weighted by molar-refractivity contribution is 5.28. The normalized spacial score (nSPS) is 50.1. The summed E-state index contributed by atoms with van der Waals surface area (Å²) in [5, 5.41) is 10.3. The second kappa shape index (κ2) is 7.77. The molecule has 30 heavy (non-hydrogen) atoms. The van der Waals surface area contributed by atoms with Crippen molar-refractivity contribution in [3.8, 4) is 0 Å². The molecule has 5 rings (SSSR count). The van der Waals surface area contributed by atoms with Crippen LogP contribution in [-0.4, -0.2) is 35.7 Å². The number of fused-ring (bicyclic) bond motifs is 5. The maximum absolute atomic E-state index is 10.3. The van der Waals surface area contributed by atoms with Crippen LogP contribution >= 0.6 is 0 Å². The molecule has 1 aliphatic heterocycles. The summed E-state index contributed by atoms with van der Waals surface area (Å²) < 4.78 is 0. The van der Waals surface area contributed by atoms with Crippen molar-refractivity contribution >= 4 is 0 Å². The Morgan fingerprint density at radius 1 is 1.07 bits per heavy atom. The molecule has 9 unspecified atom stereocenters. The molecule has 0 aromatic rings. The van der Waals surface area contributed by atoms with Gasteiger partial charge in [-0.05, 0) is 105 Å². The first-order valence-corrected chi connectivity index (χ1v) is 13.1. The average Bonchev–Trinajstić information content (AvgIpc) is 2.93. The van der Waals surface area contributed by atoms with Crippen molar-refractivity contribution in [1.29, 1.82) is 0 Å². The molecule has 9 atom stereocenters. The van der Waals surface area contributed by atoms with Gasteiger partial charge in [0.2, 0.25) is 0 Å². The van der Waals surface area contributed by atoms with E-state index in [0.717, 1.165) is 48.5 Å². The lowest BCUT2D eigenvalue weighted by molar-refractivity contribution is -0.0538. The van der Waals surface area contributed by atoms with Gasteiger partial charge in [-0.15, -0.1) is 0 Å². The van der Waals surface area contributed by atoms with Crippen LogP contribution in [0.5, 0.6) is 0 Å². The molecule has 3 fully saturated rings. The third kappa shape index (κ3) is 3.19. The molecule has 1 heterocycles. The van der Waals surface area contributed by atoms with Crippen molar-refractivity contribution in [1.82, 2.24) is 4.90 Å². The van der Waals surface area contributed by atoms with E-state index in [9.17, 15) is 5.11 Å². The van der Waals surface area contributed by atoms with Crippen molar-refractivity contribution in [2.75, 3.05) is 13.6 Å². The maximum Gasteiger partial charge on any atom is 0.0577 e. The van der Waals surface area contributed by atoms with Crippen LogP contribution in [0.25, 0.3) is 0 Å². The van der Waals surface area contributed by atoms with Gasteiger partial charge in [0.1, 0.15) is 0 Å². The zero-order chi connectivity index (χ0) is 21.1. The highest BCUT2D eigenvalue weighted by atomic mass is 16.3. The van der Waals surface area contributed by atoms with Gasteiger partial charge in [-0.1, -0.05) is 57.4 Å². The minimum Gasteiger partial charge on any atom is -0.393 e. The van der Waals surface area contributed by atoms with E-state index in [2.05, 4.69) is 50.9 Å². The molecular formula is C28H45NO. The Morgan fingerprint density at radius 2 is 1.90 bits per heavy atom. The number of aliphatic hydroxyl groups is 1. The van der Waals surface area contributed by atoms with Crippen LogP contribution < -0.4 is 0 Å². The van der Waals surface area contributed by atoms with Gasteiger partial charge in [0.25, 0.3) is 0 Å². The largest absolute Gasteiger partial charge is 0.393 e. The van der Waals surface area contributed by atoms with Gasteiger partial charge in [-0.25, -0.2) is 0 Å². The predicted octanol–water partition coefficient (Wildman–Crippen LogP) is 6.21. The zero-order valence-corrected chi connectivity index (χ0v) is 19.9. The minimum absolute atomic E-state index is 0.0945. The molecule has 0 radical (unpaired) electrons. The van der Waals surface area contributed by atoms with E-state index < -0.39 is 0 Å². The summed E-state index contributed by atoms with van der Waals surface area (Å²) in [4.78, 5) is 2.69. The summed E-state index contributed by atoms with van der Waals surface area (Å²) >= 11 is 0. The Bertz CT molecular complexity index is 711. The first kappa shape index (κ1) is 21.3. The van der Waals surface area contributed by atoms with E-state index in [1.54, 1.807) is 5.57 Å². The SMILES string of the molecule is CC(C1CCCCCN1C)C1C=CC2C3CC=C4CC(O)CCC4(C)C3CCC12C. The number of hydrogen-bond donors (Lipinski definition) is 1. The van der Waals surface area contributed by atoms with Gasteiger partial charge in [0.05, 0.1) is 6.10 Å². The molecule has 0 aromatic carbocycles. The molecule has 1 saturated heterocycles. The Hall–Kier alpha value is -0.600. The molecule has 168 valence electrons. The second-order valence-electron chi connectivity index (χ2n) is 12.3. The molecule has 2 nitrogen and oxygen atoms in total. The van der Waals surface area contributed by atoms with E-state index in [-0.39, 0.29) is 6.10 Å². The van der Waals surface area contributed by atoms with Crippen molar-refractivity contribution in [2.24, 2.45) is 40.4 Å².